The predicted molar refractivity (Wildman–Crippen MR) is 561 cm³/mol. The third kappa shape index (κ3) is 25.2. The molecule has 0 unspecified atom stereocenters. The van der Waals surface area contributed by atoms with Gasteiger partial charge >= 0.3 is 0 Å². The zero-order chi connectivity index (χ0) is 128. The van der Waals surface area contributed by atoms with Crippen LogP contribution in [-0.4, -0.2) is 112 Å². The molecule has 712 valence electrons. The van der Waals surface area contributed by atoms with Crippen molar-refractivity contribution in [1.29, 1.82) is 0 Å². The topological polar surface area (TPSA) is 378 Å². The normalized spacial score (nSPS) is 14.8. The van der Waals surface area contributed by atoms with Crippen molar-refractivity contribution in [2.45, 2.75) is 82.9 Å². The van der Waals surface area contributed by atoms with Crippen LogP contribution in [0.2, 0.25) is 0 Å². The maximum atomic E-state index is 13.4. The Hall–Kier alpha value is -19.3. The van der Waals surface area contributed by atoms with Gasteiger partial charge in [-0.05, 0) is 345 Å². The number of benzene rings is 8. The number of rotatable bonds is 20. The van der Waals surface area contributed by atoms with E-state index in [1.165, 1.54) is 47.0 Å². The summed E-state index contributed by atoms with van der Waals surface area (Å²) < 4.78 is 265. The predicted octanol–water partition coefficient (Wildman–Crippen LogP) is 21.5. The van der Waals surface area contributed by atoms with Gasteiger partial charge < -0.3 is 59.5 Å². The number of pyridine rings is 4. The maximum Gasteiger partial charge on any atom is 0.255 e. The first kappa shape index (κ1) is 64.0. The van der Waals surface area contributed by atoms with Crippen LogP contribution in [0, 0.1) is 82.9 Å². The molecule has 0 aliphatic carbocycles. The molecule has 0 fully saturated rings. The zero-order valence-corrected chi connectivity index (χ0v) is 78.2. The fraction of sp³-hybridized carbons (Fsp3) is 0.105. The summed E-state index contributed by atoms with van der Waals surface area (Å²) in [4.78, 5) is 120. The number of H-pyrrole nitrogens is 4. The number of nitrogens with one attached hydrogen (secondary N) is 8. The van der Waals surface area contributed by atoms with Crippen LogP contribution in [0.4, 0.5) is 45.5 Å². The lowest BCUT2D eigenvalue weighted by Crippen LogP contribution is -2.14. The molecule has 8 N–H and O–H groups in total. The average Bonchev–Trinajstić information content (AvgIpc) is 1.06. The van der Waals surface area contributed by atoms with Crippen molar-refractivity contribution in [3.63, 3.8) is 0 Å². The van der Waals surface area contributed by atoms with Gasteiger partial charge in [-0.3, -0.25) is 39.1 Å². The van der Waals surface area contributed by atoms with Crippen LogP contribution in [0.5, 0.6) is 0 Å². The number of hydrogen-bond donors (Lipinski definition) is 8. The van der Waals surface area contributed by atoms with Crippen molar-refractivity contribution in [1.82, 2.24) is 88.0 Å². The van der Waals surface area contributed by atoms with Crippen molar-refractivity contribution < 1.29 is 63.0 Å². The summed E-state index contributed by atoms with van der Waals surface area (Å²) in [6, 6.07) is 36.9. The van der Waals surface area contributed by atoms with E-state index in [4.69, 9.17) is 43.9 Å². The number of hydrogen-bond acceptors (Lipinski definition) is 18. The Morgan fingerprint density at radius 3 is 0.896 bits per heavy atom. The molecule has 144 heavy (non-hydrogen) atoms. The van der Waals surface area contributed by atoms with Crippen LogP contribution in [0.1, 0.15) is 152 Å². The van der Waals surface area contributed by atoms with Crippen molar-refractivity contribution >= 4 is 69.1 Å². The number of imidazole rings is 2. The molecule has 12 heterocycles. The van der Waals surface area contributed by atoms with Crippen molar-refractivity contribution in [3.05, 3.63) is 466 Å². The SMILES string of the molecule is [2H]c1nc(=Nc2cc(C(=O)Nc3cc(C)cc(-n4c([2H])cc(C)c4[2H])c3)ccc2C)[nH]c(-c2c([2H])nc([2H])c([2H])c2[2H])c1[2H].[2H]c1nc(=Nc2cc(C(=O)Nc3cc(C)cc(-n4ccc(C)c4)c3)ccc2C([2H])([2H])[2H])[nH]c(-c2c([2H])nc([2H])c([2H])c2[2H])c1[2H].[2H]c1nc(=Nc2cc(C(=O)Nc3cc(C)cc(-n4cnc(C)c4)c3)ccc2C([2H])([2H])[2H])[nH]c(-c2c([2H])nc([2H])c([2H])c2[2H])c1[2H].[2H]c1nc(=Nc2cc(C(=O)Nc3cc(C)cc(-n4cnc(C)c4)c3)ccc2C)[nH]c(-c2c([2H])nc([2H])c([2H])c2[2H])c1[2H]. The molecule has 0 radical (unpaired) electrons. The number of anilines is 4. The van der Waals surface area contributed by atoms with Gasteiger partial charge in [0.05, 0.1) is 105 Å². The monoisotopic (exact) mass is 1930 g/mol. The molecule has 12 aromatic heterocycles. The molecule has 30 nitrogen and oxygen atoms in total. The Morgan fingerprint density at radius 1 is 0.306 bits per heavy atom. The zero-order valence-electron chi connectivity index (χ0n) is 110. The second-order valence-corrected chi connectivity index (χ2v) is 32.3. The quantitative estimate of drug-likeness (QED) is 0.0352. The van der Waals surface area contributed by atoms with Gasteiger partial charge in [0.15, 0.2) is 0 Å². The lowest BCUT2D eigenvalue weighted by Gasteiger charge is -2.11. The minimum absolute atomic E-state index is 0.0719. The molecular weight excluding hydrogens is 1800 g/mol. The van der Waals surface area contributed by atoms with E-state index >= 15 is 0 Å². The molecule has 30 heteroatoms. The lowest BCUT2D eigenvalue weighted by atomic mass is 10.1. The molecule has 8 aromatic carbocycles. The van der Waals surface area contributed by atoms with Crippen LogP contribution in [-0.2, 0) is 0 Å². The first-order valence-electron chi connectivity index (χ1n) is 59.7. The summed E-state index contributed by atoms with van der Waals surface area (Å²) >= 11 is 0. The summed E-state index contributed by atoms with van der Waals surface area (Å²) in [5, 5.41) is 11.4. The van der Waals surface area contributed by atoms with Gasteiger partial charge in [-0.2, -0.15) is 0 Å². The highest BCUT2D eigenvalue weighted by Crippen LogP contribution is 2.31. The van der Waals surface area contributed by atoms with Crippen LogP contribution < -0.4 is 43.7 Å². The Bertz CT molecular complexity index is 10100. The minimum atomic E-state index is -2.65. The fourth-order valence-electron chi connectivity index (χ4n) is 14.1. The number of nitrogens with zero attached hydrogens (tertiary/aromatic N) is 18. The molecular formula is C114H102N26O4. The third-order valence-electron chi connectivity index (χ3n) is 20.9. The van der Waals surface area contributed by atoms with E-state index in [1.54, 1.807) is 106 Å². The van der Waals surface area contributed by atoms with Gasteiger partial charge in [0.25, 0.3) is 23.6 Å². The molecule has 0 spiro atoms. The van der Waals surface area contributed by atoms with Crippen LogP contribution >= 0.6 is 0 Å². The first-order valence-corrected chi connectivity index (χ1v) is 43.7. The average molecular weight is 1930 g/mol. The highest BCUT2D eigenvalue weighted by molar-refractivity contribution is 6.07. The largest absolute Gasteiger partial charge is 0.324 e. The molecule has 0 atom stereocenters. The van der Waals surface area contributed by atoms with Gasteiger partial charge in [0.2, 0.25) is 22.5 Å². The van der Waals surface area contributed by atoms with E-state index in [2.05, 4.69) is 111 Å². The number of carbonyl (C=O) groups is 4. The van der Waals surface area contributed by atoms with Crippen LogP contribution in [0.3, 0.4) is 0 Å². The lowest BCUT2D eigenvalue weighted by molar-refractivity contribution is 0.101. The smallest absolute Gasteiger partial charge is 0.255 e. The Balaban J connectivity index is 0.000000155. The van der Waals surface area contributed by atoms with Gasteiger partial charge in [-0.15, -0.1) is 0 Å². The second kappa shape index (κ2) is 44.5. The molecule has 0 saturated carbocycles. The molecule has 0 bridgehead atoms. The second-order valence-electron chi connectivity index (χ2n) is 32.3. The highest BCUT2D eigenvalue weighted by Gasteiger charge is 2.18. The van der Waals surface area contributed by atoms with Gasteiger partial charge in [0.1, 0.15) is 0 Å². The molecule has 0 aliphatic heterocycles. The maximum absolute atomic E-state index is 13.4. The van der Waals surface area contributed by atoms with Crippen LogP contribution in [0.15, 0.2) is 374 Å². The highest BCUT2D eigenvalue weighted by atomic mass is 16.2. The number of aryl methyl sites for hydroxylation is 12. The molecule has 0 aliphatic rings. The summed E-state index contributed by atoms with van der Waals surface area (Å²) in [7, 11) is 0. The van der Waals surface area contributed by atoms with Gasteiger partial charge in [-0.1, -0.05) is 24.3 Å². The number of carbonyl (C=O) groups excluding carboxylic acids is 4. The first-order chi connectivity index (χ1) is 82.9. The van der Waals surface area contributed by atoms with E-state index in [-0.39, 0.29) is 125 Å². The summed E-state index contributed by atoms with van der Waals surface area (Å²) in [6.45, 7) is 13.3. The standard InChI is InChI=1S/2C29H26N6O.2C28H25N7O/c2*1-19-9-12-35(18-19)25-14-20(2)13-24(16-25)32-28(36)22-7-6-21(3)27(15-22)34-29-31-11-8-26(33-29)23-5-4-10-30-17-23;2*1-18-11-23(14-24(12-18)35-16-20(3)31-17-35)32-27(36)21-7-6-19(2)26(13-21)34-28-30-10-8-25(33-28)22-5-4-9-29-15-22/h2*4-18H,1-3H3,(H,32,36)(H,31,33,34);2*4-17H,1-3H3,(H,32,36)(H,30,33,34)/i4D,5D,8D,10D,11D,12D,17D,18D;3D3,4D,5D,8D,10D,11D,17D;2D3,4D,5D,8D,9D,10D,15D;4D,5D,8D,9D,10D,15D. The number of aromatic amines is 4. The third-order valence-corrected chi connectivity index (χ3v) is 20.9. The number of aromatic nitrogens is 18. The Morgan fingerprint density at radius 2 is 0.611 bits per heavy atom. The fourth-order valence-corrected chi connectivity index (χ4v) is 14.1. The Kier molecular flexibility index (Phi) is 19.8. The van der Waals surface area contributed by atoms with Crippen LogP contribution in [0.25, 0.3) is 67.8 Å². The van der Waals surface area contributed by atoms with Crippen molar-refractivity contribution in [3.8, 4) is 67.8 Å². The Labute approximate surface area is 875 Å². The van der Waals surface area contributed by atoms with Crippen molar-refractivity contribution in [2.75, 3.05) is 21.3 Å². The van der Waals surface area contributed by atoms with E-state index in [0.717, 1.165) is 56.3 Å². The summed E-state index contributed by atoms with van der Waals surface area (Å²) in [5.41, 5.74) is 11.3. The van der Waals surface area contributed by atoms with E-state index in [0.29, 0.717) is 62.1 Å². The molecule has 4 amide bonds. The van der Waals surface area contributed by atoms with E-state index in [1.807, 2.05) is 129 Å². The number of amides is 4. The van der Waals surface area contributed by atoms with E-state index < -0.39 is 178 Å². The molecule has 20 rings (SSSR count). The van der Waals surface area contributed by atoms with Gasteiger partial charge in [0, 0.05) is 209 Å². The molecule has 20 aromatic rings. The van der Waals surface area contributed by atoms with Crippen molar-refractivity contribution in [2.24, 2.45) is 20.0 Å². The minimum Gasteiger partial charge on any atom is -0.324 e. The molecule has 0 saturated heterocycles. The van der Waals surface area contributed by atoms with E-state index in [9.17, 15) is 19.2 Å². The summed E-state index contributed by atoms with van der Waals surface area (Å²) in [6.07, 6.45) is 4.70. The summed E-state index contributed by atoms with van der Waals surface area (Å²) in [5.74, 6) is -1.90. The van der Waals surface area contributed by atoms with Gasteiger partial charge in [-0.25, -0.2) is 49.9 Å².